The second kappa shape index (κ2) is 9.75. The Balaban J connectivity index is 1.34. The molecule has 0 radical (unpaired) electrons. The van der Waals surface area contributed by atoms with Crippen molar-refractivity contribution < 1.29 is 23.1 Å². The van der Waals surface area contributed by atoms with Crippen LogP contribution in [0.25, 0.3) is 22.3 Å². The molecule has 1 aliphatic carbocycles. The molecule has 2 amide bonds. The number of carbonyl (C=O) groups excluding carboxylic acids is 2. The molecule has 1 aromatic carbocycles. The van der Waals surface area contributed by atoms with Crippen molar-refractivity contribution in [2.24, 2.45) is 5.92 Å². The minimum atomic E-state index is -0.719. The molecular weight excluding hydrogens is 534 g/mol. The van der Waals surface area contributed by atoms with Gasteiger partial charge < -0.3 is 20.7 Å². The van der Waals surface area contributed by atoms with Crippen LogP contribution < -0.4 is 11.1 Å². The second-order valence-electron chi connectivity index (χ2n) is 11.4. The van der Waals surface area contributed by atoms with Crippen molar-refractivity contribution in [3.05, 3.63) is 60.1 Å². The molecule has 11 nitrogen and oxygen atoms in total. The van der Waals surface area contributed by atoms with Crippen LogP contribution in [0, 0.1) is 17.6 Å². The van der Waals surface area contributed by atoms with Crippen LogP contribution in [0.2, 0.25) is 0 Å². The number of carbonyl (C=O) groups is 2. The number of benzene rings is 1. The lowest BCUT2D eigenvalue weighted by Crippen LogP contribution is -2.45. The number of anilines is 2. The number of likely N-dealkylation sites (tertiary alicyclic amines) is 1. The lowest BCUT2D eigenvalue weighted by molar-refractivity contribution is 0.0135. The standard InChI is InChI=1S/C28H28F2N8O3/c1-28(2,3)41-27(40)37-12-14-8-19(37)20(9-14)38-25-22(24(31)33-13-34-25)23(36-38)17-5-4-15(10-18(17)30)26(39)35-21-11-16(29)6-7-32-21/h4-7,10-11,13-14,19-20H,8-9,12H2,1-3H3,(H2,31,33,34)(H,32,35,39)/t14-,19?,20?/m1/s1. The smallest absolute Gasteiger partial charge is 0.410 e. The number of aromatic nitrogens is 5. The number of nitrogens with zero attached hydrogens (tertiary/aromatic N) is 6. The van der Waals surface area contributed by atoms with E-state index in [0.29, 0.717) is 17.6 Å². The highest BCUT2D eigenvalue weighted by Crippen LogP contribution is 2.46. The molecule has 3 N–H and O–H groups in total. The highest BCUT2D eigenvalue weighted by molar-refractivity contribution is 6.04. The highest BCUT2D eigenvalue weighted by Gasteiger charge is 2.50. The predicted molar refractivity (Wildman–Crippen MR) is 146 cm³/mol. The Bertz CT molecular complexity index is 1680. The van der Waals surface area contributed by atoms with Gasteiger partial charge in [-0.3, -0.25) is 4.79 Å². The first-order valence-electron chi connectivity index (χ1n) is 13.2. The van der Waals surface area contributed by atoms with E-state index >= 15 is 4.39 Å². The number of nitrogens with one attached hydrogen (secondary N) is 1. The van der Waals surface area contributed by atoms with E-state index in [1.807, 2.05) is 20.8 Å². The average Bonchev–Trinajstić information content (AvgIpc) is 3.61. The van der Waals surface area contributed by atoms with E-state index < -0.39 is 23.1 Å². The summed E-state index contributed by atoms with van der Waals surface area (Å²) in [7, 11) is 0. The molecule has 2 bridgehead atoms. The average molecular weight is 563 g/mol. The summed E-state index contributed by atoms with van der Waals surface area (Å²) >= 11 is 0. The van der Waals surface area contributed by atoms with Crippen molar-refractivity contribution in [3.8, 4) is 11.3 Å². The van der Waals surface area contributed by atoms with Gasteiger partial charge in [-0.05, 0) is 63.8 Å². The number of nitrogen functional groups attached to an aromatic ring is 1. The first kappa shape index (κ1) is 26.5. The van der Waals surface area contributed by atoms with E-state index in [2.05, 4.69) is 20.3 Å². The molecule has 2 aliphatic rings. The lowest BCUT2D eigenvalue weighted by atomic mass is 10.1. The van der Waals surface area contributed by atoms with E-state index in [-0.39, 0.29) is 52.6 Å². The van der Waals surface area contributed by atoms with Crippen LogP contribution in [0.3, 0.4) is 0 Å². The molecule has 3 atom stereocenters. The normalized spacial score (nSPS) is 20.0. The van der Waals surface area contributed by atoms with Gasteiger partial charge in [0, 0.05) is 29.9 Å². The summed E-state index contributed by atoms with van der Waals surface area (Å²) in [6.07, 6.45) is 3.71. The summed E-state index contributed by atoms with van der Waals surface area (Å²) < 4.78 is 36.4. The minimum Gasteiger partial charge on any atom is -0.444 e. The molecule has 0 spiro atoms. The Kier molecular flexibility index (Phi) is 6.31. The fourth-order valence-electron chi connectivity index (χ4n) is 5.71. The number of hydrogen-bond donors (Lipinski definition) is 2. The molecule has 1 saturated carbocycles. The Morgan fingerprint density at radius 2 is 1.85 bits per heavy atom. The van der Waals surface area contributed by atoms with Gasteiger partial charge in [0.05, 0.1) is 17.5 Å². The first-order chi connectivity index (χ1) is 19.5. The highest BCUT2D eigenvalue weighted by atomic mass is 19.1. The van der Waals surface area contributed by atoms with Crippen LogP contribution in [-0.2, 0) is 4.74 Å². The number of rotatable bonds is 4. The summed E-state index contributed by atoms with van der Waals surface area (Å²) in [5, 5.41) is 7.59. The third-order valence-electron chi connectivity index (χ3n) is 7.36. The third-order valence-corrected chi connectivity index (χ3v) is 7.36. The first-order valence-corrected chi connectivity index (χ1v) is 13.2. The van der Waals surface area contributed by atoms with Gasteiger partial charge in [-0.1, -0.05) is 0 Å². The van der Waals surface area contributed by atoms with Gasteiger partial charge in [0.1, 0.15) is 40.9 Å². The number of pyridine rings is 1. The molecular formula is C28H28F2N8O3. The summed E-state index contributed by atoms with van der Waals surface area (Å²) in [5.74, 6) is -1.55. The van der Waals surface area contributed by atoms with Gasteiger partial charge in [0.2, 0.25) is 0 Å². The van der Waals surface area contributed by atoms with E-state index in [1.54, 1.807) is 9.58 Å². The van der Waals surface area contributed by atoms with Crippen LogP contribution in [0.15, 0.2) is 42.9 Å². The van der Waals surface area contributed by atoms with Gasteiger partial charge in [0.15, 0.2) is 5.65 Å². The second-order valence-corrected chi connectivity index (χ2v) is 11.4. The summed E-state index contributed by atoms with van der Waals surface area (Å²) in [6.45, 7) is 6.07. The number of halogens is 2. The topological polar surface area (TPSA) is 141 Å². The van der Waals surface area contributed by atoms with Crippen molar-refractivity contribution >= 4 is 34.7 Å². The van der Waals surface area contributed by atoms with Crippen LogP contribution in [-0.4, -0.2) is 59.8 Å². The van der Waals surface area contributed by atoms with Crippen molar-refractivity contribution in [1.29, 1.82) is 0 Å². The third kappa shape index (κ3) is 4.92. The number of ether oxygens (including phenoxy) is 1. The lowest BCUT2D eigenvalue weighted by Gasteiger charge is -2.34. The van der Waals surface area contributed by atoms with Gasteiger partial charge in [0.25, 0.3) is 5.91 Å². The number of piperidine rings is 1. The predicted octanol–water partition coefficient (Wildman–Crippen LogP) is 4.57. The van der Waals surface area contributed by atoms with Crippen molar-refractivity contribution in [1.82, 2.24) is 29.6 Å². The van der Waals surface area contributed by atoms with Crippen molar-refractivity contribution in [2.45, 2.75) is 51.3 Å². The monoisotopic (exact) mass is 562 g/mol. The number of amides is 2. The molecule has 13 heteroatoms. The van der Waals surface area contributed by atoms with Crippen LogP contribution in [0.1, 0.15) is 50.0 Å². The molecule has 41 heavy (non-hydrogen) atoms. The molecule has 1 saturated heterocycles. The summed E-state index contributed by atoms with van der Waals surface area (Å²) in [5.41, 5.74) is 6.36. The molecule has 212 valence electrons. The minimum absolute atomic E-state index is 0.000400. The van der Waals surface area contributed by atoms with E-state index in [9.17, 15) is 14.0 Å². The Hall–Kier alpha value is -4.68. The van der Waals surface area contributed by atoms with E-state index in [4.69, 9.17) is 15.6 Å². The summed E-state index contributed by atoms with van der Waals surface area (Å²) in [6, 6.07) is 5.73. The van der Waals surface area contributed by atoms with E-state index in [0.717, 1.165) is 31.0 Å². The van der Waals surface area contributed by atoms with Crippen LogP contribution >= 0.6 is 0 Å². The Morgan fingerprint density at radius 1 is 1.07 bits per heavy atom. The number of nitrogens with two attached hydrogens (primary N) is 1. The van der Waals surface area contributed by atoms with Gasteiger partial charge in [-0.2, -0.15) is 5.10 Å². The SMILES string of the molecule is CC(C)(C)OC(=O)N1C[C@@H]2CC1C(n1nc(-c3ccc(C(=O)Nc4cc(F)ccn4)cc3F)c3c(N)ncnc31)C2. The number of hydrogen-bond acceptors (Lipinski definition) is 8. The van der Waals surface area contributed by atoms with E-state index in [1.165, 1.54) is 24.7 Å². The molecule has 4 aromatic rings. The maximum atomic E-state index is 15.6. The van der Waals surface area contributed by atoms with Gasteiger partial charge >= 0.3 is 6.09 Å². The van der Waals surface area contributed by atoms with Crippen LogP contribution in [0.4, 0.5) is 25.2 Å². The maximum Gasteiger partial charge on any atom is 0.410 e. The largest absolute Gasteiger partial charge is 0.444 e. The maximum absolute atomic E-state index is 15.6. The quantitative estimate of drug-likeness (QED) is 0.369. The number of fused-ring (bicyclic) bond motifs is 3. The molecule has 4 heterocycles. The zero-order valence-corrected chi connectivity index (χ0v) is 22.6. The summed E-state index contributed by atoms with van der Waals surface area (Å²) in [4.78, 5) is 39.8. The molecule has 2 unspecified atom stereocenters. The fraction of sp³-hybridized carbons (Fsp3) is 0.357. The molecule has 2 fully saturated rings. The fourth-order valence-corrected chi connectivity index (χ4v) is 5.71. The Labute approximate surface area is 233 Å². The molecule has 3 aromatic heterocycles. The van der Waals surface area contributed by atoms with Gasteiger partial charge in [-0.25, -0.2) is 33.2 Å². The van der Waals surface area contributed by atoms with Crippen LogP contribution in [0.5, 0.6) is 0 Å². The van der Waals surface area contributed by atoms with Gasteiger partial charge in [-0.15, -0.1) is 0 Å². The zero-order valence-electron chi connectivity index (χ0n) is 22.6. The zero-order chi connectivity index (χ0) is 29.1. The molecule has 6 rings (SSSR count). The van der Waals surface area contributed by atoms with Crippen molar-refractivity contribution in [2.75, 3.05) is 17.6 Å². The Morgan fingerprint density at radius 3 is 2.56 bits per heavy atom. The molecule has 1 aliphatic heterocycles. The van der Waals surface area contributed by atoms with Crippen molar-refractivity contribution in [3.63, 3.8) is 0 Å².